The summed E-state index contributed by atoms with van der Waals surface area (Å²) in [6.45, 7) is 17.9. The van der Waals surface area contributed by atoms with Gasteiger partial charge in [0.15, 0.2) is 0 Å². The van der Waals surface area contributed by atoms with Gasteiger partial charge in [-0.05, 0) is 25.7 Å². The number of hydrogen-bond donors (Lipinski definition) is 2. The van der Waals surface area contributed by atoms with Crippen LogP contribution < -0.4 is 10.6 Å². The highest BCUT2D eigenvalue weighted by Crippen LogP contribution is 2.28. The highest BCUT2D eigenvalue weighted by Gasteiger charge is 2.37. The predicted molar refractivity (Wildman–Crippen MR) is 148 cm³/mol. The van der Waals surface area contributed by atoms with Crippen molar-refractivity contribution in [3.8, 4) is 0 Å². The van der Waals surface area contributed by atoms with Crippen LogP contribution in [0.3, 0.4) is 0 Å². The summed E-state index contributed by atoms with van der Waals surface area (Å²) in [5.74, 6) is 1.44. The van der Waals surface area contributed by atoms with Crippen LogP contribution in [-0.2, 0) is 19.7 Å². The zero-order valence-electron chi connectivity index (χ0n) is 24.4. The molecule has 2 amide bonds. The van der Waals surface area contributed by atoms with Gasteiger partial charge in [-0.25, -0.2) is 9.97 Å². The number of anilines is 1. The number of carbonyl (C=O) groups excluding carboxylic acids is 2. The predicted octanol–water partition coefficient (Wildman–Crippen LogP) is 2.47. The van der Waals surface area contributed by atoms with Crippen LogP contribution in [0, 0.1) is 18.8 Å². The molecule has 10 heteroatoms. The van der Waals surface area contributed by atoms with Crippen molar-refractivity contribution >= 4 is 17.6 Å². The first-order valence-electron chi connectivity index (χ1n) is 14.0. The van der Waals surface area contributed by atoms with Crippen molar-refractivity contribution in [2.75, 3.05) is 71.5 Å². The van der Waals surface area contributed by atoms with Crippen LogP contribution in [0.15, 0.2) is 0 Å². The van der Waals surface area contributed by atoms with Crippen LogP contribution in [-0.4, -0.2) is 104 Å². The van der Waals surface area contributed by atoms with Crippen molar-refractivity contribution in [3.05, 3.63) is 17.1 Å². The number of nitrogens with one attached hydrogen (secondary N) is 2. The molecule has 214 valence electrons. The number of ether oxygens (including phenoxy) is 2. The average Bonchev–Trinajstić information content (AvgIpc) is 2.88. The topological polar surface area (TPSA) is 109 Å². The Morgan fingerprint density at radius 2 is 1.92 bits per heavy atom. The van der Waals surface area contributed by atoms with E-state index in [4.69, 9.17) is 19.4 Å². The monoisotopic (exact) mass is 532 g/mol. The van der Waals surface area contributed by atoms with Crippen LogP contribution in [0.25, 0.3) is 0 Å². The fourth-order valence-electron chi connectivity index (χ4n) is 5.04. The summed E-state index contributed by atoms with van der Waals surface area (Å²) in [5.41, 5.74) is 0.924. The molecule has 0 unspecified atom stereocenters. The Balaban J connectivity index is 1.90. The number of aromatic nitrogens is 2. The SMILES string of the molecule is COCCCNc1nc(C(C)(C)C)nc(C)c1C(=O)N(CC(C)C)[C@@H]1CNC[C@H](C(=O)N2CCOCC2)C1. The van der Waals surface area contributed by atoms with E-state index < -0.39 is 0 Å². The Bertz CT molecular complexity index is 942. The van der Waals surface area contributed by atoms with E-state index in [2.05, 4.69) is 45.3 Å². The maximum atomic E-state index is 14.3. The van der Waals surface area contributed by atoms with Crippen LogP contribution in [0.2, 0.25) is 0 Å². The van der Waals surface area contributed by atoms with Crippen LogP contribution in [0.4, 0.5) is 5.82 Å². The molecular weight excluding hydrogens is 484 g/mol. The number of amides is 2. The Labute approximate surface area is 228 Å². The van der Waals surface area contributed by atoms with Crippen LogP contribution in [0.5, 0.6) is 0 Å². The van der Waals surface area contributed by atoms with E-state index in [1.807, 2.05) is 16.7 Å². The highest BCUT2D eigenvalue weighted by atomic mass is 16.5. The average molecular weight is 533 g/mol. The lowest BCUT2D eigenvalue weighted by Gasteiger charge is -2.40. The molecule has 2 atom stereocenters. The van der Waals surface area contributed by atoms with Gasteiger partial charge < -0.3 is 29.9 Å². The molecule has 38 heavy (non-hydrogen) atoms. The van der Waals surface area contributed by atoms with E-state index in [9.17, 15) is 9.59 Å². The number of carbonyl (C=O) groups is 2. The summed E-state index contributed by atoms with van der Waals surface area (Å²) in [7, 11) is 1.68. The molecule has 2 saturated heterocycles. The molecule has 3 rings (SSSR count). The second kappa shape index (κ2) is 13.7. The first-order valence-corrected chi connectivity index (χ1v) is 14.0. The number of piperidine rings is 1. The number of methoxy groups -OCH3 is 1. The quantitative estimate of drug-likeness (QED) is 0.443. The number of rotatable bonds is 10. The van der Waals surface area contributed by atoms with Gasteiger partial charge in [0.25, 0.3) is 5.91 Å². The third-order valence-electron chi connectivity index (χ3n) is 7.06. The Morgan fingerprint density at radius 3 is 2.55 bits per heavy atom. The highest BCUT2D eigenvalue weighted by molar-refractivity contribution is 6.00. The van der Waals surface area contributed by atoms with Gasteiger partial charge in [-0.1, -0.05) is 34.6 Å². The fraction of sp³-hybridized carbons (Fsp3) is 0.786. The van der Waals surface area contributed by atoms with Gasteiger partial charge >= 0.3 is 0 Å². The molecule has 0 spiro atoms. The van der Waals surface area contributed by atoms with Crippen molar-refractivity contribution in [2.24, 2.45) is 11.8 Å². The fourth-order valence-corrected chi connectivity index (χ4v) is 5.04. The van der Waals surface area contributed by atoms with Gasteiger partial charge in [0.1, 0.15) is 17.2 Å². The molecule has 2 fully saturated rings. The first-order chi connectivity index (χ1) is 18.0. The summed E-state index contributed by atoms with van der Waals surface area (Å²) in [4.78, 5) is 41.0. The third-order valence-corrected chi connectivity index (χ3v) is 7.06. The number of nitrogens with zero attached hydrogens (tertiary/aromatic N) is 4. The van der Waals surface area contributed by atoms with E-state index in [-0.39, 0.29) is 35.1 Å². The molecule has 0 bridgehead atoms. The molecule has 3 heterocycles. The van der Waals surface area contributed by atoms with Crippen molar-refractivity contribution in [3.63, 3.8) is 0 Å². The molecule has 2 aliphatic rings. The molecule has 10 nitrogen and oxygen atoms in total. The van der Waals surface area contributed by atoms with Crippen molar-refractivity contribution in [1.29, 1.82) is 0 Å². The van der Waals surface area contributed by atoms with Crippen LogP contribution in [0.1, 0.15) is 69.3 Å². The lowest BCUT2D eigenvalue weighted by molar-refractivity contribution is -0.140. The second-order valence-corrected chi connectivity index (χ2v) is 11.9. The van der Waals surface area contributed by atoms with Crippen LogP contribution >= 0.6 is 0 Å². The van der Waals surface area contributed by atoms with Crippen molar-refractivity contribution in [1.82, 2.24) is 25.1 Å². The van der Waals surface area contributed by atoms with Gasteiger partial charge in [0, 0.05) is 64.4 Å². The van der Waals surface area contributed by atoms with E-state index in [1.165, 1.54) is 0 Å². The molecule has 2 N–H and O–H groups in total. The Hall–Kier alpha value is -2.30. The maximum absolute atomic E-state index is 14.3. The molecule has 2 aliphatic heterocycles. The lowest BCUT2D eigenvalue weighted by Crippen LogP contribution is -2.56. The van der Waals surface area contributed by atoms with E-state index >= 15 is 0 Å². The standard InChI is InChI=1S/C28H48N6O4/c1-19(2)18-34(22-15-21(16-29-17-22)25(35)33-10-13-38-14-11-33)26(36)23-20(3)31-27(28(4,5)6)32-24(23)30-9-8-12-37-7/h19,21-22,29H,8-18H2,1-7H3,(H,30,31,32)/t21-,22+/m1/s1. The van der Waals surface area contributed by atoms with E-state index in [1.54, 1.807) is 7.11 Å². The molecule has 0 aromatic carbocycles. The van der Waals surface area contributed by atoms with Crippen molar-refractivity contribution < 1.29 is 19.1 Å². The minimum Gasteiger partial charge on any atom is -0.385 e. The minimum absolute atomic E-state index is 0.0860. The lowest BCUT2D eigenvalue weighted by atomic mass is 9.92. The van der Waals surface area contributed by atoms with Gasteiger partial charge in [-0.2, -0.15) is 0 Å². The van der Waals surface area contributed by atoms with Gasteiger partial charge in [-0.15, -0.1) is 0 Å². The minimum atomic E-state index is -0.257. The van der Waals surface area contributed by atoms with Gasteiger partial charge in [0.05, 0.1) is 24.8 Å². The summed E-state index contributed by atoms with van der Waals surface area (Å²) in [5, 5.41) is 6.83. The van der Waals surface area contributed by atoms with Gasteiger partial charge in [-0.3, -0.25) is 9.59 Å². The largest absolute Gasteiger partial charge is 0.385 e. The molecule has 0 aliphatic carbocycles. The molecule has 1 aromatic heterocycles. The van der Waals surface area contributed by atoms with Gasteiger partial charge in [0.2, 0.25) is 5.91 Å². The second-order valence-electron chi connectivity index (χ2n) is 11.9. The van der Waals surface area contributed by atoms with E-state index in [0.717, 1.165) is 6.42 Å². The number of hydrogen-bond acceptors (Lipinski definition) is 8. The molecule has 1 aromatic rings. The third kappa shape index (κ3) is 7.86. The molecule has 0 radical (unpaired) electrons. The Kier molecular flexibility index (Phi) is 10.9. The number of aryl methyl sites for hydroxylation is 1. The zero-order valence-corrected chi connectivity index (χ0v) is 24.4. The first kappa shape index (κ1) is 30.2. The molecular formula is C28H48N6O4. The normalized spacial score (nSPS) is 20.5. The summed E-state index contributed by atoms with van der Waals surface area (Å²) in [6.07, 6.45) is 1.43. The summed E-state index contributed by atoms with van der Waals surface area (Å²) < 4.78 is 10.6. The maximum Gasteiger partial charge on any atom is 0.259 e. The summed E-state index contributed by atoms with van der Waals surface area (Å²) >= 11 is 0. The molecule has 0 saturated carbocycles. The smallest absolute Gasteiger partial charge is 0.259 e. The number of morpholine rings is 1. The Morgan fingerprint density at radius 1 is 1.21 bits per heavy atom. The van der Waals surface area contributed by atoms with Crippen molar-refractivity contribution in [2.45, 2.75) is 65.8 Å². The summed E-state index contributed by atoms with van der Waals surface area (Å²) in [6, 6.07) is -0.100. The van der Waals surface area contributed by atoms with E-state index in [0.29, 0.717) is 88.4 Å². The zero-order chi connectivity index (χ0) is 27.9.